The van der Waals surface area contributed by atoms with E-state index in [9.17, 15) is 8.42 Å². The van der Waals surface area contributed by atoms with Gasteiger partial charge in [-0.25, -0.2) is 18.4 Å². The van der Waals surface area contributed by atoms with E-state index in [1.807, 2.05) is 0 Å². The lowest BCUT2D eigenvalue weighted by Gasteiger charge is -2.08. The first-order valence-electron chi connectivity index (χ1n) is 5.54. The van der Waals surface area contributed by atoms with Gasteiger partial charge in [-0.05, 0) is 12.1 Å². The third-order valence-corrected chi connectivity index (χ3v) is 4.34. The molecule has 0 saturated heterocycles. The molecule has 0 unspecified atom stereocenters. The fourth-order valence-corrected chi connectivity index (χ4v) is 2.77. The molecule has 2 heterocycles. The fourth-order valence-electron chi connectivity index (χ4n) is 1.40. The van der Waals surface area contributed by atoms with Gasteiger partial charge in [0, 0.05) is 18.3 Å². The fraction of sp³-hybridized carbons (Fsp3) is 0.182. The Morgan fingerprint density at radius 2 is 1.95 bits per heavy atom. The van der Waals surface area contributed by atoms with Crippen molar-refractivity contribution in [2.75, 3.05) is 10.5 Å². The lowest BCUT2D eigenvalue weighted by Crippen LogP contribution is -2.19. The molecule has 0 aliphatic heterocycles. The summed E-state index contributed by atoms with van der Waals surface area (Å²) in [5.41, 5.74) is 0.685. The van der Waals surface area contributed by atoms with E-state index in [0.29, 0.717) is 5.69 Å². The first-order chi connectivity index (χ1) is 9.48. The molecule has 2 aromatic heterocycles. The smallest absolute Gasteiger partial charge is 0.234 e. The Hall–Kier alpha value is -1.44. The molecular formula is C11H10Cl2N4O2S. The van der Waals surface area contributed by atoms with Crippen LogP contribution in [0.25, 0.3) is 0 Å². The SMILES string of the molecule is O=S(=O)(CCc1ccccn1)Nc1ncnc(Cl)c1Cl. The Morgan fingerprint density at radius 3 is 2.65 bits per heavy atom. The third-order valence-electron chi connectivity index (χ3n) is 2.35. The largest absolute Gasteiger partial charge is 0.266 e. The summed E-state index contributed by atoms with van der Waals surface area (Å²) in [5.74, 6) is -0.171. The number of aromatic nitrogens is 3. The van der Waals surface area contributed by atoms with Crippen LogP contribution in [0.5, 0.6) is 0 Å². The number of pyridine rings is 1. The first kappa shape index (κ1) is 15.0. The first-order valence-corrected chi connectivity index (χ1v) is 7.95. The second-order valence-electron chi connectivity index (χ2n) is 3.82. The molecule has 106 valence electrons. The van der Waals surface area contributed by atoms with E-state index in [1.165, 1.54) is 0 Å². The number of anilines is 1. The molecule has 0 saturated carbocycles. The highest BCUT2D eigenvalue weighted by molar-refractivity contribution is 7.92. The zero-order valence-corrected chi connectivity index (χ0v) is 12.5. The zero-order chi connectivity index (χ0) is 14.6. The summed E-state index contributed by atoms with van der Waals surface area (Å²) in [6.45, 7) is 0. The maximum absolute atomic E-state index is 11.9. The molecule has 9 heteroatoms. The van der Waals surface area contributed by atoms with Crippen LogP contribution in [0.15, 0.2) is 30.7 Å². The van der Waals surface area contributed by atoms with Crippen LogP contribution >= 0.6 is 23.2 Å². The van der Waals surface area contributed by atoms with Crippen molar-refractivity contribution in [3.63, 3.8) is 0 Å². The van der Waals surface area contributed by atoms with Crippen molar-refractivity contribution in [1.82, 2.24) is 15.0 Å². The number of hydrogen-bond donors (Lipinski definition) is 1. The van der Waals surface area contributed by atoms with Crippen LogP contribution in [0, 0.1) is 0 Å². The van der Waals surface area contributed by atoms with Crippen molar-refractivity contribution < 1.29 is 8.42 Å². The van der Waals surface area contributed by atoms with Gasteiger partial charge in [-0.3, -0.25) is 9.71 Å². The van der Waals surface area contributed by atoms with Gasteiger partial charge in [0.25, 0.3) is 0 Å². The minimum Gasteiger partial charge on any atom is -0.266 e. The van der Waals surface area contributed by atoms with E-state index in [4.69, 9.17) is 23.2 Å². The summed E-state index contributed by atoms with van der Waals surface area (Å²) >= 11 is 11.5. The van der Waals surface area contributed by atoms with Crippen LogP contribution in [-0.2, 0) is 16.4 Å². The molecule has 0 atom stereocenters. The van der Waals surface area contributed by atoms with Gasteiger partial charge >= 0.3 is 0 Å². The van der Waals surface area contributed by atoms with Gasteiger partial charge in [-0.15, -0.1) is 0 Å². The Balaban J connectivity index is 2.06. The summed E-state index contributed by atoms with van der Waals surface area (Å²) in [4.78, 5) is 11.4. The van der Waals surface area contributed by atoms with Crippen molar-refractivity contribution in [3.05, 3.63) is 46.6 Å². The molecule has 2 aromatic rings. The predicted octanol–water partition coefficient (Wildman–Crippen LogP) is 2.16. The molecule has 0 radical (unpaired) electrons. The summed E-state index contributed by atoms with van der Waals surface area (Å²) in [6, 6.07) is 5.31. The number of halogens is 2. The van der Waals surface area contributed by atoms with Crippen LogP contribution in [0.4, 0.5) is 5.82 Å². The van der Waals surface area contributed by atoms with Gasteiger partial charge < -0.3 is 0 Å². The van der Waals surface area contributed by atoms with Gasteiger partial charge in [0.2, 0.25) is 10.0 Å². The van der Waals surface area contributed by atoms with E-state index < -0.39 is 10.0 Å². The number of aryl methyl sites for hydroxylation is 1. The molecule has 1 N–H and O–H groups in total. The van der Waals surface area contributed by atoms with Crippen molar-refractivity contribution in [3.8, 4) is 0 Å². The number of nitrogens with one attached hydrogen (secondary N) is 1. The Bertz CT molecular complexity index is 695. The Labute approximate surface area is 126 Å². The van der Waals surface area contributed by atoms with Gasteiger partial charge in [-0.2, -0.15) is 0 Å². The highest BCUT2D eigenvalue weighted by Gasteiger charge is 2.15. The average molecular weight is 333 g/mol. The molecule has 0 fully saturated rings. The van der Waals surface area contributed by atoms with Gasteiger partial charge in [-0.1, -0.05) is 29.3 Å². The molecule has 0 spiro atoms. The molecule has 2 rings (SSSR count). The maximum atomic E-state index is 11.9. The minimum atomic E-state index is -3.60. The quantitative estimate of drug-likeness (QED) is 0.848. The van der Waals surface area contributed by atoms with Crippen LogP contribution in [0.3, 0.4) is 0 Å². The highest BCUT2D eigenvalue weighted by atomic mass is 35.5. The lowest BCUT2D eigenvalue weighted by atomic mass is 10.3. The van der Waals surface area contributed by atoms with Crippen molar-refractivity contribution >= 4 is 39.0 Å². The summed E-state index contributed by atoms with van der Waals surface area (Å²) in [6.07, 6.45) is 3.02. The maximum Gasteiger partial charge on any atom is 0.234 e. The number of hydrogen-bond acceptors (Lipinski definition) is 5. The molecule has 20 heavy (non-hydrogen) atoms. The van der Waals surface area contributed by atoms with E-state index in [1.54, 1.807) is 24.4 Å². The molecule has 0 aliphatic carbocycles. The third kappa shape index (κ3) is 4.03. The summed E-state index contributed by atoms with van der Waals surface area (Å²) < 4.78 is 26.1. The van der Waals surface area contributed by atoms with E-state index in [2.05, 4.69) is 19.7 Å². The standard InChI is InChI=1S/C11H10Cl2N4O2S/c12-9-10(13)15-7-16-11(9)17-20(18,19)6-4-8-3-1-2-5-14-8/h1-3,5,7H,4,6H2,(H,15,16,17). The lowest BCUT2D eigenvalue weighted by molar-refractivity contribution is 0.600. The Kier molecular flexibility index (Phi) is 4.74. The van der Waals surface area contributed by atoms with Gasteiger partial charge in [0.1, 0.15) is 11.3 Å². The molecule has 0 aliphatic rings. The molecule has 0 amide bonds. The summed E-state index contributed by atoms with van der Waals surface area (Å²) in [7, 11) is -3.60. The number of sulfonamides is 1. The number of nitrogens with zero attached hydrogens (tertiary/aromatic N) is 3. The second-order valence-corrected chi connectivity index (χ2v) is 6.40. The van der Waals surface area contributed by atoms with E-state index in [0.717, 1.165) is 6.33 Å². The molecule has 6 nitrogen and oxygen atoms in total. The van der Waals surface area contributed by atoms with Crippen molar-refractivity contribution in [2.24, 2.45) is 0 Å². The van der Waals surface area contributed by atoms with Gasteiger partial charge in [0.15, 0.2) is 11.0 Å². The minimum absolute atomic E-state index is 0.0101. The summed E-state index contributed by atoms with van der Waals surface area (Å²) in [5, 5.41) is -0.0420. The van der Waals surface area contributed by atoms with Crippen LogP contribution in [0.1, 0.15) is 5.69 Å². The number of rotatable bonds is 5. The van der Waals surface area contributed by atoms with Crippen LogP contribution < -0.4 is 4.72 Å². The topological polar surface area (TPSA) is 84.8 Å². The second kappa shape index (κ2) is 6.34. The van der Waals surface area contributed by atoms with Crippen molar-refractivity contribution in [1.29, 1.82) is 0 Å². The van der Waals surface area contributed by atoms with E-state index in [-0.39, 0.29) is 28.2 Å². The monoisotopic (exact) mass is 332 g/mol. The van der Waals surface area contributed by atoms with Crippen LogP contribution in [-0.4, -0.2) is 29.1 Å². The normalized spacial score (nSPS) is 11.3. The molecule has 0 aromatic carbocycles. The zero-order valence-electron chi connectivity index (χ0n) is 10.1. The van der Waals surface area contributed by atoms with Crippen LogP contribution in [0.2, 0.25) is 10.2 Å². The highest BCUT2D eigenvalue weighted by Crippen LogP contribution is 2.26. The molecular weight excluding hydrogens is 323 g/mol. The predicted molar refractivity (Wildman–Crippen MR) is 77.4 cm³/mol. The molecule has 0 bridgehead atoms. The van der Waals surface area contributed by atoms with E-state index >= 15 is 0 Å². The van der Waals surface area contributed by atoms with Crippen molar-refractivity contribution in [2.45, 2.75) is 6.42 Å². The van der Waals surface area contributed by atoms with Gasteiger partial charge in [0.05, 0.1) is 5.75 Å². The average Bonchev–Trinajstić information content (AvgIpc) is 2.43. The Morgan fingerprint density at radius 1 is 1.15 bits per heavy atom.